The summed E-state index contributed by atoms with van der Waals surface area (Å²) in [6, 6.07) is 0. The average molecular weight is 217 g/mol. The third kappa shape index (κ3) is 10.0. The van der Waals surface area contributed by atoms with Gasteiger partial charge in [-0.3, -0.25) is 4.55 Å². The number of rotatable bonds is 5. The van der Waals surface area contributed by atoms with Crippen LogP contribution in [0.1, 0.15) is 12.8 Å². The summed E-state index contributed by atoms with van der Waals surface area (Å²) in [6.45, 7) is 3.20. The van der Waals surface area contributed by atoms with Gasteiger partial charge in [0.05, 0.1) is 5.75 Å². The molecule has 0 saturated carbocycles. The average Bonchev–Trinajstić information content (AvgIpc) is 1.84. The van der Waals surface area contributed by atoms with Crippen molar-refractivity contribution in [3.63, 3.8) is 0 Å². The Morgan fingerprint density at radius 2 is 1.85 bits per heavy atom. The van der Waals surface area contributed by atoms with Gasteiger partial charge in [-0.15, -0.1) is 0 Å². The molecule has 0 fully saturated rings. The molecule has 0 atom stereocenters. The molecule has 0 aliphatic heterocycles. The minimum Gasteiger partial charge on any atom is -0.478 e. The zero-order valence-corrected chi connectivity index (χ0v) is 10.2. The largest absolute Gasteiger partial charge is 0.478 e. The van der Waals surface area contributed by atoms with Gasteiger partial charge in [-0.2, -0.15) is 8.42 Å². The first-order valence-corrected chi connectivity index (χ1v) is 4.80. The van der Waals surface area contributed by atoms with E-state index in [9.17, 15) is 13.2 Å². The molecule has 0 heterocycles. The Balaban J connectivity index is 0. The topological polar surface area (TPSA) is 91.7 Å². The third-order valence-corrected chi connectivity index (χ3v) is 1.99. The van der Waals surface area contributed by atoms with Crippen molar-refractivity contribution in [1.82, 2.24) is 0 Å². The van der Waals surface area contributed by atoms with Gasteiger partial charge in [-0.05, 0) is 12.8 Å². The second kappa shape index (κ2) is 6.56. The van der Waals surface area contributed by atoms with Crippen LogP contribution < -0.4 is 0 Å². The van der Waals surface area contributed by atoms with E-state index in [1.165, 1.54) is 0 Å². The van der Waals surface area contributed by atoms with E-state index in [-0.39, 0.29) is 48.0 Å². The quantitative estimate of drug-likeness (QED) is 0.381. The molecule has 0 aliphatic carbocycles. The van der Waals surface area contributed by atoms with Crippen LogP contribution in [-0.4, -0.2) is 59.4 Å². The van der Waals surface area contributed by atoms with Crippen LogP contribution in [0.4, 0.5) is 0 Å². The first kappa shape index (κ1) is 15.6. The molecule has 7 heteroatoms. The number of hydrogen-bond acceptors (Lipinski definition) is 3. The Hall–Kier alpha value is 0.120. The molecule has 1 radical (unpaired) electrons. The molecule has 0 unspecified atom stereocenters. The molecule has 2 N–H and O–H groups in total. The maximum Gasteiger partial charge on any atom is 0.330 e. The van der Waals surface area contributed by atoms with Crippen LogP contribution in [0.2, 0.25) is 0 Å². The van der Waals surface area contributed by atoms with Gasteiger partial charge in [0, 0.05) is 35.1 Å². The van der Waals surface area contributed by atoms with Crippen LogP contribution in [-0.2, 0) is 14.9 Å². The fraction of sp³-hybridized carbons (Fsp3) is 0.500. The van der Waals surface area contributed by atoms with Gasteiger partial charge in [-0.1, -0.05) is 6.58 Å². The fourth-order valence-corrected chi connectivity index (χ4v) is 1.08. The molecule has 0 aromatic carbocycles. The van der Waals surface area contributed by atoms with Crippen molar-refractivity contribution < 1.29 is 22.9 Å². The summed E-state index contributed by atoms with van der Waals surface area (Å²) < 4.78 is 28.6. The van der Waals surface area contributed by atoms with Gasteiger partial charge < -0.3 is 5.11 Å². The number of carboxylic acids is 1. The molecule has 13 heavy (non-hydrogen) atoms. The fourth-order valence-electron chi connectivity index (χ4n) is 0.575. The summed E-state index contributed by atoms with van der Waals surface area (Å²) in [6.07, 6.45) is 0.138. The zero-order valence-electron chi connectivity index (χ0n) is 7.36. The Kier molecular flexibility index (Phi) is 7.86. The van der Waals surface area contributed by atoms with E-state index in [0.717, 1.165) is 0 Å². The molecule has 0 bridgehead atoms. The van der Waals surface area contributed by atoms with Gasteiger partial charge >= 0.3 is 5.97 Å². The maximum atomic E-state index is 10.2. The molecule has 0 saturated heterocycles. The van der Waals surface area contributed by atoms with Crippen molar-refractivity contribution >= 4 is 45.6 Å². The summed E-state index contributed by atoms with van der Waals surface area (Å²) in [5.74, 6) is -1.58. The first-order valence-electron chi connectivity index (χ1n) is 3.19. The van der Waals surface area contributed by atoms with E-state index in [2.05, 4.69) is 6.58 Å². The van der Waals surface area contributed by atoms with Crippen LogP contribution in [0.3, 0.4) is 0 Å². The smallest absolute Gasteiger partial charge is 0.330 e. The van der Waals surface area contributed by atoms with Crippen molar-refractivity contribution in [2.24, 2.45) is 0 Å². The molecule has 0 aliphatic rings. The molecule has 71 valence electrons. The number of carbonyl (C=O) groups is 1. The summed E-state index contributed by atoms with van der Waals surface area (Å²) in [5, 5.41) is 8.30. The van der Waals surface area contributed by atoms with Gasteiger partial charge in [0.25, 0.3) is 10.1 Å². The SMILES string of the molecule is C=C(CCCS(=O)(=O)O)C(=O)O.[Na]. The molecule has 0 spiro atoms. The predicted molar refractivity (Wildman–Crippen MR) is 48.2 cm³/mol. The van der Waals surface area contributed by atoms with Crippen molar-refractivity contribution in [3.8, 4) is 0 Å². The van der Waals surface area contributed by atoms with E-state index < -0.39 is 21.8 Å². The van der Waals surface area contributed by atoms with Crippen LogP contribution in [0.5, 0.6) is 0 Å². The monoisotopic (exact) mass is 217 g/mol. The van der Waals surface area contributed by atoms with Crippen molar-refractivity contribution in [2.75, 3.05) is 5.75 Å². The number of aliphatic carboxylic acids is 1. The van der Waals surface area contributed by atoms with E-state index in [1.807, 2.05) is 0 Å². The van der Waals surface area contributed by atoms with Gasteiger partial charge in [0.15, 0.2) is 0 Å². The molecule has 0 aromatic rings. The van der Waals surface area contributed by atoms with Crippen molar-refractivity contribution in [1.29, 1.82) is 0 Å². The summed E-state index contributed by atoms with van der Waals surface area (Å²) in [5.41, 5.74) is -0.0568. The van der Waals surface area contributed by atoms with Crippen molar-refractivity contribution in [2.45, 2.75) is 12.8 Å². The number of carboxylic acid groups (broad SMARTS) is 1. The minimum atomic E-state index is -3.98. The summed E-state index contributed by atoms with van der Waals surface area (Å²) in [4.78, 5) is 10.1. The van der Waals surface area contributed by atoms with Crippen LogP contribution in [0.15, 0.2) is 12.2 Å². The Bertz CT molecular complexity index is 281. The van der Waals surface area contributed by atoms with E-state index in [4.69, 9.17) is 9.66 Å². The zero-order chi connectivity index (χ0) is 9.78. The number of hydrogen-bond donors (Lipinski definition) is 2. The Labute approximate surface area is 98.9 Å². The molecular weight excluding hydrogens is 207 g/mol. The van der Waals surface area contributed by atoms with Crippen LogP contribution in [0, 0.1) is 0 Å². The van der Waals surface area contributed by atoms with E-state index >= 15 is 0 Å². The van der Waals surface area contributed by atoms with Gasteiger partial charge in [-0.25, -0.2) is 4.79 Å². The van der Waals surface area contributed by atoms with Crippen LogP contribution >= 0.6 is 0 Å². The van der Waals surface area contributed by atoms with Crippen LogP contribution in [0.25, 0.3) is 0 Å². The Morgan fingerprint density at radius 3 is 2.15 bits per heavy atom. The molecule has 0 aromatic heterocycles. The molecule has 0 rings (SSSR count). The Morgan fingerprint density at radius 1 is 1.38 bits per heavy atom. The summed E-state index contributed by atoms with van der Waals surface area (Å²) >= 11 is 0. The van der Waals surface area contributed by atoms with Gasteiger partial charge in [0.2, 0.25) is 0 Å². The van der Waals surface area contributed by atoms with Crippen molar-refractivity contribution in [3.05, 3.63) is 12.2 Å². The second-order valence-corrected chi connectivity index (χ2v) is 3.87. The van der Waals surface area contributed by atoms with E-state index in [1.54, 1.807) is 0 Å². The normalized spacial score (nSPS) is 10.2. The molecule has 0 amide bonds. The third-order valence-electron chi connectivity index (χ3n) is 1.18. The minimum absolute atomic E-state index is 0. The maximum absolute atomic E-state index is 10.2. The van der Waals surface area contributed by atoms with E-state index in [0.29, 0.717) is 0 Å². The van der Waals surface area contributed by atoms with Gasteiger partial charge in [0.1, 0.15) is 0 Å². The first-order chi connectivity index (χ1) is 5.33. The summed E-state index contributed by atoms with van der Waals surface area (Å²) in [7, 11) is -3.98. The molecule has 5 nitrogen and oxygen atoms in total. The predicted octanol–water partition coefficient (Wildman–Crippen LogP) is -0.0856. The second-order valence-electron chi connectivity index (χ2n) is 2.30. The standard InChI is InChI=1S/C6H10O5S.Na/c1-5(6(7)8)3-2-4-12(9,10)11;/h1-4H2,(H,7,8)(H,9,10,11);. The molecular formula is C6H10NaO5S.